The van der Waals surface area contributed by atoms with Gasteiger partial charge in [-0.25, -0.2) is 4.98 Å². The molecule has 2 amide bonds. The van der Waals surface area contributed by atoms with Crippen LogP contribution in [0.25, 0.3) is 0 Å². The van der Waals surface area contributed by atoms with Crippen molar-refractivity contribution in [3.8, 4) is 0 Å². The lowest BCUT2D eigenvalue weighted by Gasteiger charge is -2.11. The van der Waals surface area contributed by atoms with Crippen molar-refractivity contribution in [3.05, 3.63) is 17.3 Å². The first kappa shape index (κ1) is 12.6. The molecule has 0 spiro atoms. The number of hydrogen-bond donors (Lipinski definition) is 2. The summed E-state index contributed by atoms with van der Waals surface area (Å²) in [5, 5.41) is 2.55. The molecule has 1 saturated carbocycles. The zero-order valence-corrected chi connectivity index (χ0v) is 10.5. The molecule has 0 unspecified atom stereocenters. The van der Waals surface area contributed by atoms with Crippen molar-refractivity contribution >= 4 is 11.8 Å². The van der Waals surface area contributed by atoms with Gasteiger partial charge in [0.05, 0.1) is 5.69 Å². The lowest BCUT2D eigenvalue weighted by molar-refractivity contribution is -0.119. The van der Waals surface area contributed by atoms with E-state index in [-0.39, 0.29) is 5.76 Å². The second-order valence-electron chi connectivity index (χ2n) is 4.58. The van der Waals surface area contributed by atoms with Gasteiger partial charge in [-0.05, 0) is 26.2 Å². The maximum absolute atomic E-state index is 11.9. The lowest BCUT2D eigenvalue weighted by atomic mass is 10.2. The Labute approximate surface area is 105 Å². The smallest absolute Gasteiger partial charge is 0.289 e. The van der Waals surface area contributed by atoms with Gasteiger partial charge in [-0.1, -0.05) is 6.92 Å². The summed E-state index contributed by atoms with van der Waals surface area (Å²) < 4.78 is 5.45. The molecular formula is C12H17N3O3. The average Bonchev–Trinajstić information content (AvgIpc) is 3.09. The molecule has 0 saturated heterocycles. The van der Waals surface area contributed by atoms with Gasteiger partial charge in [-0.2, -0.15) is 0 Å². The topological polar surface area (TPSA) is 98.2 Å². The first-order valence-corrected chi connectivity index (χ1v) is 6.10. The third kappa shape index (κ3) is 2.52. The van der Waals surface area contributed by atoms with E-state index in [9.17, 15) is 9.59 Å². The Kier molecular flexibility index (Phi) is 3.36. The number of amides is 2. The largest absolute Gasteiger partial charge is 0.435 e. The van der Waals surface area contributed by atoms with E-state index in [1.54, 1.807) is 13.8 Å². The van der Waals surface area contributed by atoms with Crippen molar-refractivity contribution in [2.24, 2.45) is 5.73 Å². The van der Waals surface area contributed by atoms with Gasteiger partial charge in [-0.15, -0.1) is 0 Å². The standard InChI is InChI=1S/C12H17N3O3/c1-3-8(10(13)16)15-11(17)9-6(2)14-12(18-9)7-4-5-7/h7-8H,3-5H2,1-2H3,(H2,13,16)(H,15,17)/t8-/m0/s1. The van der Waals surface area contributed by atoms with Crippen LogP contribution in [0.5, 0.6) is 0 Å². The summed E-state index contributed by atoms with van der Waals surface area (Å²) in [7, 11) is 0. The minimum absolute atomic E-state index is 0.177. The maximum atomic E-state index is 11.9. The van der Waals surface area contributed by atoms with Crippen molar-refractivity contribution in [3.63, 3.8) is 0 Å². The number of nitrogens with one attached hydrogen (secondary N) is 1. The number of nitrogens with zero attached hydrogens (tertiary/aromatic N) is 1. The summed E-state index contributed by atoms with van der Waals surface area (Å²) in [5.74, 6) is 0.160. The first-order chi connectivity index (χ1) is 8.52. The number of hydrogen-bond acceptors (Lipinski definition) is 4. The molecule has 0 aliphatic heterocycles. The van der Waals surface area contributed by atoms with E-state index in [1.165, 1.54) is 0 Å². The minimum atomic E-state index is -0.675. The van der Waals surface area contributed by atoms with Crippen LogP contribution in [0.2, 0.25) is 0 Å². The molecule has 0 aromatic carbocycles. The second-order valence-corrected chi connectivity index (χ2v) is 4.58. The Morgan fingerprint density at radius 3 is 2.72 bits per heavy atom. The molecule has 1 aliphatic carbocycles. The predicted molar refractivity (Wildman–Crippen MR) is 64.0 cm³/mol. The molecule has 1 atom stereocenters. The normalized spacial score (nSPS) is 16.3. The van der Waals surface area contributed by atoms with Gasteiger partial charge in [0.1, 0.15) is 6.04 Å². The zero-order valence-electron chi connectivity index (χ0n) is 10.5. The van der Waals surface area contributed by atoms with Crippen LogP contribution in [-0.4, -0.2) is 22.8 Å². The summed E-state index contributed by atoms with van der Waals surface area (Å²) in [6.07, 6.45) is 2.56. The van der Waals surface area contributed by atoms with E-state index < -0.39 is 17.9 Å². The Hall–Kier alpha value is -1.85. The van der Waals surface area contributed by atoms with Crippen LogP contribution in [0.1, 0.15) is 54.2 Å². The third-order valence-electron chi connectivity index (χ3n) is 3.00. The van der Waals surface area contributed by atoms with Crippen LogP contribution < -0.4 is 11.1 Å². The molecule has 6 nitrogen and oxygen atoms in total. The maximum Gasteiger partial charge on any atom is 0.289 e. The van der Waals surface area contributed by atoms with E-state index in [0.29, 0.717) is 23.9 Å². The van der Waals surface area contributed by atoms with Gasteiger partial charge in [0.2, 0.25) is 11.7 Å². The van der Waals surface area contributed by atoms with E-state index in [0.717, 1.165) is 12.8 Å². The van der Waals surface area contributed by atoms with Gasteiger partial charge in [0.15, 0.2) is 5.89 Å². The van der Waals surface area contributed by atoms with Crippen LogP contribution in [0.15, 0.2) is 4.42 Å². The van der Waals surface area contributed by atoms with Crippen molar-refractivity contribution in [2.75, 3.05) is 0 Å². The summed E-state index contributed by atoms with van der Waals surface area (Å²) in [5.41, 5.74) is 5.72. The van der Waals surface area contributed by atoms with Crippen LogP contribution >= 0.6 is 0 Å². The molecule has 98 valence electrons. The molecule has 18 heavy (non-hydrogen) atoms. The number of oxazole rings is 1. The van der Waals surface area contributed by atoms with Gasteiger partial charge in [0.25, 0.3) is 5.91 Å². The molecule has 1 aliphatic rings. The monoisotopic (exact) mass is 251 g/mol. The molecule has 3 N–H and O–H groups in total. The van der Waals surface area contributed by atoms with Crippen LogP contribution in [0, 0.1) is 6.92 Å². The molecule has 6 heteroatoms. The van der Waals surface area contributed by atoms with Crippen molar-refractivity contribution < 1.29 is 14.0 Å². The number of aryl methyl sites for hydroxylation is 1. The highest BCUT2D eigenvalue weighted by molar-refractivity contribution is 5.95. The zero-order chi connectivity index (χ0) is 13.3. The summed E-state index contributed by atoms with van der Waals surface area (Å²) >= 11 is 0. The van der Waals surface area contributed by atoms with E-state index in [4.69, 9.17) is 10.2 Å². The summed E-state index contributed by atoms with van der Waals surface area (Å²) in [6.45, 7) is 3.49. The Balaban J connectivity index is 2.10. The fraction of sp³-hybridized carbons (Fsp3) is 0.583. The molecule has 1 heterocycles. The number of carbonyl (C=O) groups excluding carboxylic acids is 2. The molecule has 1 aromatic rings. The van der Waals surface area contributed by atoms with Crippen LogP contribution in [0.3, 0.4) is 0 Å². The van der Waals surface area contributed by atoms with Crippen molar-refractivity contribution in [2.45, 2.75) is 45.1 Å². The van der Waals surface area contributed by atoms with Gasteiger partial charge >= 0.3 is 0 Å². The highest BCUT2D eigenvalue weighted by Crippen LogP contribution is 2.40. The number of rotatable bonds is 5. The van der Waals surface area contributed by atoms with E-state index >= 15 is 0 Å². The van der Waals surface area contributed by atoms with Crippen molar-refractivity contribution in [1.29, 1.82) is 0 Å². The fourth-order valence-electron chi connectivity index (χ4n) is 1.73. The fourth-order valence-corrected chi connectivity index (χ4v) is 1.73. The van der Waals surface area contributed by atoms with Gasteiger partial charge in [0, 0.05) is 5.92 Å². The highest BCUT2D eigenvalue weighted by atomic mass is 16.4. The Morgan fingerprint density at radius 2 is 2.22 bits per heavy atom. The molecular weight excluding hydrogens is 234 g/mol. The molecule has 2 rings (SSSR count). The number of primary amides is 1. The minimum Gasteiger partial charge on any atom is -0.435 e. The number of aromatic nitrogens is 1. The SMILES string of the molecule is CC[C@H](NC(=O)c1oc(C2CC2)nc1C)C(N)=O. The lowest BCUT2D eigenvalue weighted by Crippen LogP contribution is -2.44. The molecule has 0 bridgehead atoms. The van der Waals surface area contributed by atoms with Crippen molar-refractivity contribution in [1.82, 2.24) is 10.3 Å². The number of nitrogens with two attached hydrogens (primary N) is 1. The van der Waals surface area contributed by atoms with Crippen LogP contribution in [-0.2, 0) is 4.79 Å². The predicted octanol–water partition coefficient (Wildman–Crippen LogP) is 0.854. The average molecular weight is 251 g/mol. The second kappa shape index (κ2) is 4.80. The molecule has 1 aromatic heterocycles. The Bertz CT molecular complexity index is 477. The molecule has 1 fully saturated rings. The van der Waals surface area contributed by atoms with E-state index in [2.05, 4.69) is 10.3 Å². The molecule has 0 radical (unpaired) electrons. The summed E-state index contributed by atoms with van der Waals surface area (Å²) in [6, 6.07) is -0.675. The third-order valence-corrected chi connectivity index (χ3v) is 3.00. The summed E-state index contributed by atoms with van der Waals surface area (Å²) in [4.78, 5) is 27.2. The first-order valence-electron chi connectivity index (χ1n) is 6.10. The van der Waals surface area contributed by atoms with E-state index in [1.807, 2.05) is 0 Å². The number of carbonyl (C=O) groups is 2. The van der Waals surface area contributed by atoms with Gasteiger partial charge < -0.3 is 15.5 Å². The Morgan fingerprint density at radius 1 is 1.56 bits per heavy atom. The highest BCUT2D eigenvalue weighted by Gasteiger charge is 2.31. The van der Waals surface area contributed by atoms with Crippen LogP contribution in [0.4, 0.5) is 0 Å². The van der Waals surface area contributed by atoms with Gasteiger partial charge in [-0.3, -0.25) is 9.59 Å². The quantitative estimate of drug-likeness (QED) is 0.810.